The van der Waals surface area contributed by atoms with E-state index < -0.39 is 0 Å². The van der Waals surface area contributed by atoms with E-state index in [1.807, 2.05) is 11.7 Å². The summed E-state index contributed by atoms with van der Waals surface area (Å²) in [6.07, 6.45) is 7.49. The second-order valence-electron chi connectivity index (χ2n) is 6.88. The minimum atomic E-state index is 0.102. The zero-order chi connectivity index (χ0) is 14.6. The van der Waals surface area contributed by atoms with E-state index in [0.29, 0.717) is 6.10 Å². The van der Waals surface area contributed by atoms with E-state index in [9.17, 15) is 0 Å². The molecule has 0 bridgehead atoms. The van der Waals surface area contributed by atoms with Gasteiger partial charge in [-0.05, 0) is 32.2 Å². The van der Waals surface area contributed by atoms with Crippen LogP contribution in [0.4, 0.5) is 0 Å². The fraction of sp³-hybridized carbons (Fsp3) is 0.812. The molecule has 4 nitrogen and oxygen atoms in total. The summed E-state index contributed by atoms with van der Waals surface area (Å²) in [4.78, 5) is 0. The van der Waals surface area contributed by atoms with Gasteiger partial charge in [0.2, 0.25) is 0 Å². The Hall–Kier alpha value is -0.870. The van der Waals surface area contributed by atoms with Gasteiger partial charge in [-0.1, -0.05) is 20.8 Å². The number of hydrogen-bond acceptors (Lipinski definition) is 3. The Morgan fingerprint density at radius 3 is 2.85 bits per heavy atom. The van der Waals surface area contributed by atoms with Gasteiger partial charge >= 0.3 is 0 Å². The molecule has 0 aromatic carbocycles. The summed E-state index contributed by atoms with van der Waals surface area (Å²) in [5.74, 6) is 0. The molecule has 1 aromatic heterocycles. The Labute approximate surface area is 122 Å². The standard InChI is InChI=1S/C16H29N3O/c1-16(2,3)15-13(12-19(4)18-15)11-17-9-8-14-7-5-6-10-20-14/h12,14,17H,5-11H2,1-4H3. The summed E-state index contributed by atoms with van der Waals surface area (Å²) in [5, 5.41) is 8.14. The summed E-state index contributed by atoms with van der Waals surface area (Å²) in [6.45, 7) is 9.51. The van der Waals surface area contributed by atoms with Crippen LogP contribution in [0.1, 0.15) is 57.7 Å². The number of hydrogen-bond donors (Lipinski definition) is 1. The third-order valence-corrected chi connectivity index (χ3v) is 3.85. The lowest BCUT2D eigenvalue weighted by molar-refractivity contribution is 0.0115. The van der Waals surface area contributed by atoms with E-state index in [2.05, 4.69) is 37.4 Å². The maximum atomic E-state index is 5.76. The molecule has 0 aliphatic carbocycles. The number of aromatic nitrogens is 2. The molecular formula is C16H29N3O. The molecule has 1 N–H and O–H groups in total. The first-order valence-corrected chi connectivity index (χ1v) is 7.82. The molecule has 0 amide bonds. The maximum absolute atomic E-state index is 5.76. The minimum absolute atomic E-state index is 0.102. The van der Waals surface area contributed by atoms with Crippen molar-refractivity contribution in [2.75, 3.05) is 13.2 Å². The Morgan fingerprint density at radius 2 is 2.20 bits per heavy atom. The van der Waals surface area contributed by atoms with Crippen molar-refractivity contribution in [3.05, 3.63) is 17.5 Å². The molecule has 1 aromatic rings. The minimum Gasteiger partial charge on any atom is -0.378 e. The van der Waals surface area contributed by atoms with Gasteiger partial charge in [0.15, 0.2) is 0 Å². The smallest absolute Gasteiger partial charge is 0.0722 e. The molecule has 114 valence electrons. The van der Waals surface area contributed by atoms with Crippen molar-refractivity contribution in [3.8, 4) is 0 Å². The Kier molecular flexibility index (Phi) is 5.22. The van der Waals surface area contributed by atoms with Crippen LogP contribution < -0.4 is 5.32 Å². The van der Waals surface area contributed by atoms with Crippen LogP contribution >= 0.6 is 0 Å². The highest BCUT2D eigenvalue weighted by atomic mass is 16.5. The van der Waals surface area contributed by atoms with E-state index >= 15 is 0 Å². The fourth-order valence-corrected chi connectivity index (χ4v) is 2.82. The summed E-state index contributed by atoms with van der Waals surface area (Å²) >= 11 is 0. The van der Waals surface area contributed by atoms with Crippen LogP contribution in [0.5, 0.6) is 0 Å². The average Bonchev–Trinajstić information content (AvgIpc) is 2.77. The van der Waals surface area contributed by atoms with Gasteiger partial charge in [0.25, 0.3) is 0 Å². The van der Waals surface area contributed by atoms with E-state index in [0.717, 1.165) is 26.1 Å². The van der Waals surface area contributed by atoms with E-state index in [-0.39, 0.29) is 5.41 Å². The third-order valence-electron chi connectivity index (χ3n) is 3.85. The maximum Gasteiger partial charge on any atom is 0.0722 e. The van der Waals surface area contributed by atoms with Crippen molar-refractivity contribution in [3.63, 3.8) is 0 Å². The first kappa shape index (κ1) is 15.5. The van der Waals surface area contributed by atoms with Crippen molar-refractivity contribution in [1.29, 1.82) is 0 Å². The molecule has 0 radical (unpaired) electrons. The number of aryl methyl sites for hydroxylation is 1. The molecule has 1 unspecified atom stereocenters. The van der Waals surface area contributed by atoms with Gasteiger partial charge in [0.1, 0.15) is 0 Å². The van der Waals surface area contributed by atoms with Crippen LogP contribution in [0.25, 0.3) is 0 Å². The highest BCUT2D eigenvalue weighted by molar-refractivity contribution is 5.23. The second-order valence-corrected chi connectivity index (χ2v) is 6.88. The number of nitrogens with zero attached hydrogens (tertiary/aromatic N) is 2. The Bertz CT molecular complexity index is 414. The lowest BCUT2D eigenvalue weighted by Crippen LogP contribution is -2.26. The molecular weight excluding hydrogens is 250 g/mol. The molecule has 1 atom stereocenters. The third kappa shape index (κ3) is 4.32. The highest BCUT2D eigenvalue weighted by Gasteiger charge is 2.21. The van der Waals surface area contributed by atoms with Crippen LogP contribution in [0, 0.1) is 0 Å². The molecule has 4 heteroatoms. The Balaban J connectivity index is 1.79. The Morgan fingerprint density at radius 1 is 1.40 bits per heavy atom. The van der Waals surface area contributed by atoms with Crippen molar-refractivity contribution in [2.24, 2.45) is 7.05 Å². The van der Waals surface area contributed by atoms with Crippen molar-refractivity contribution < 1.29 is 4.74 Å². The molecule has 20 heavy (non-hydrogen) atoms. The van der Waals surface area contributed by atoms with E-state index in [4.69, 9.17) is 4.74 Å². The number of ether oxygens (including phenoxy) is 1. The predicted octanol–water partition coefficient (Wildman–Crippen LogP) is 2.77. The van der Waals surface area contributed by atoms with E-state index in [1.54, 1.807) is 0 Å². The number of rotatable bonds is 5. The molecule has 1 fully saturated rings. The van der Waals surface area contributed by atoms with Gasteiger partial charge < -0.3 is 10.1 Å². The summed E-state index contributed by atoms with van der Waals surface area (Å²) in [5.41, 5.74) is 2.61. The zero-order valence-electron chi connectivity index (χ0n) is 13.4. The van der Waals surface area contributed by atoms with Crippen LogP contribution in [-0.2, 0) is 23.7 Å². The first-order valence-electron chi connectivity index (χ1n) is 7.82. The van der Waals surface area contributed by atoms with Crippen molar-refractivity contribution in [1.82, 2.24) is 15.1 Å². The van der Waals surface area contributed by atoms with Crippen LogP contribution in [0.2, 0.25) is 0 Å². The SMILES string of the molecule is Cn1cc(CNCCC2CCCCO2)c(C(C)(C)C)n1. The van der Waals surface area contributed by atoms with Crippen molar-refractivity contribution in [2.45, 2.75) is 64.5 Å². The molecule has 1 saturated heterocycles. The molecule has 0 spiro atoms. The van der Waals surface area contributed by atoms with Crippen molar-refractivity contribution >= 4 is 0 Å². The van der Waals surface area contributed by atoms with Gasteiger partial charge in [-0.2, -0.15) is 5.10 Å². The van der Waals surface area contributed by atoms with Crippen LogP contribution in [0.15, 0.2) is 6.20 Å². The highest BCUT2D eigenvalue weighted by Crippen LogP contribution is 2.24. The normalized spacial score (nSPS) is 20.3. The van der Waals surface area contributed by atoms with Gasteiger partial charge in [-0.3, -0.25) is 4.68 Å². The van der Waals surface area contributed by atoms with Gasteiger partial charge in [-0.15, -0.1) is 0 Å². The predicted molar refractivity (Wildman–Crippen MR) is 81.8 cm³/mol. The average molecular weight is 279 g/mol. The van der Waals surface area contributed by atoms with Gasteiger partial charge in [0.05, 0.1) is 11.8 Å². The second kappa shape index (κ2) is 6.72. The zero-order valence-corrected chi connectivity index (χ0v) is 13.4. The summed E-state index contributed by atoms with van der Waals surface area (Å²) in [6, 6.07) is 0. The molecule has 1 aliphatic heterocycles. The molecule has 0 saturated carbocycles. The van der Waals surface area contributed by atoms with E-state index in [1.165, 1.54) is 30.5 Å². The molecule has 2 rings (SSSR count). The fourth-order valence-electron chi connectivity index (χ4n) is 2.82. The molecule has 2 heterocycles. The summed E-state index contributed by atoms with van der Waals surface area (Å²) < 4.78 is 7.67. The lowest BCUT2D eigenvalue weighted by atomic mass is 9.89. The number of nitrogens with one attached hydrogen (secondary N) is 1. The monoisotopic (exact) mass is 279 g/mol. The lowest BCUT2D eigenvalue weighted by Gasteiger charge is -2.22. The van der Waals surface area contributed by atoms with Crippen LogP contribution in [0.3, 0.4) is 0 Å². The summed E-state index contributed by atoms with van der Waals surface area (Å²) in [7, 11) is 1.99. The topological polar surface area (TPSA) is 39.1 Å². The van der Waals surface area contributed by atoms with Gasteiger partial charge in [-0.25, -0.2) is 0 Å². The molecule has 1 aliphatic rings. The van der Waals surface area contributed by atoms with Gasteiger partial charge in [0, 0.05) is 37.4 Å². The largest absolute Gasteiger partial charge is 0.378 e. The van der Waals surface area contributed by atoms with Crippen LogP contribution in [-0.4, -0.2) is 29.0 Å². The quantitative estimate of drug-likeness (QED) is 0.842. The first-order chi connectivity index (χ1) is 9.47.